The van der Waals surface area contributed by atoms with Crippen LogP contribution in [0.5, 0.6) is 0 Å². The number of ether oxygens (including phenoxy) is 1. The van der Waals surface area contributed by atoms with Crippen LogP contribution in [0.25, 0.3) is 22.2 Å². The summed E-state index contributed by atoms with van der Waals surface area (Å²) in [4.78, 5) is 4.63. The molecule has 28 heavy (non-hydrogen) atoms. The molecule has 4 nitrogen and oxygen atoms in total. The van der Waals surface area contributed by atoms with Gasteiger partial charge in [-0.1, -0.05) is 31.4 Å². The summed E-state index contributed by atoms with van der Waals surface area (Å²) in [6.45, 7) is 9.27. The highest BCUT2D eigenvalue weighted by atomic mass is 16.5. The van der Waals surface area contributed by atoms with Crippen molar-refractivity contribution < 1.29 is 9.84 Å². The Hall–Kier alpha value is -2.11. The van der Waals surface area contributed by atoms with Crippen molar-refractivity contribution in [1.82, 2.24) is 9.55 Å². The molecule has 3 rings (SSSR count). The third-order valence-electron chi connectivity index (χ3n) is 5.42. The predicted octanol–water partition coefficient (Wildman–Crippen LogP) is 3.79. The zero-order valence-electron chi connectivity index (χ0n) is 17.5. The number of fused-ring (bicyclic) bond motifs is 1. The van der Waals surface area contributed by atoms with Gasteiger partial charge >= 0.3 is 0 Å². The molecule has 1 N–H and O–H groups in total. The zero-order chi connectivity index (χ0) is 20.5. The van der Waals surface area contributed by atoms with Crippen molar-refractivity contribution in [3.05, 3.63) is 47.8 Å². The first-order valence-corrected chi connectivity index (χ1v) is 9.82. The number of pyridine rings is 1. The van der Waals surface area contributed by atoms with E-state index in [1.807, 2.05) is 31.3 Å². The number of hydrogen-bond donors (Lipinski definition) is 1. The number of methoxy groups -OCH3 is 1. The van der Waals surface area contributed by atoms with Crippen LogP contribution in [0.3, 0.4) is 0 Å². The summed E-state index contributed by atoms with van der Waals surface area (Å²) in [5.74, 6) is 0. The highest BCUT2D eigenvalue weighted by molar-refractivity contribution is 6.33. The third-order valence-corrected chi connectivity index (χ3v) is 5.42. The first-order chi connectivity index (χ1) is 13.3. The maximum absolute atomic E-state index is 9.92. The standard InChI is InChI=1S/C23H29BN2O2/c1-6-26-20-10-9-16(24)12-18(20)19(13-23(3,4)14-27)22(26)17-8-7-11-25-21(17)15(2)28-5/h7-12,15,27H,6,13-14H2,1-5H3/t15-/m0/s1. The summed E-state index contributed by atoms with van der Waals surface area (Å²) in [5.41, 5.74) is 5.96. The van der Waals surface area contributed by atoms with Gasteiger partial charge in [0.25, 0.3) is 0 Å². The Bertz CT molecular complexity index is 978. The first kappa shape index (κ1) is 20.6. The third kappa shape index (κ3) is 3.74. The van der Waals surface area contributed by atoms with E-state index in [1.54, 1.807) is 7.11 Å². The second-order valence-electron chi connectivity index (χ2n) is 8.16. The number of aliphatic hydroxyl groups is 1. The van der Waals surface area contributed by atoms with E-state index in [4.69, 9.17) is 12.6 Å². The Labute approximate surface area is 169 Å². The smallest absolute Gasteiger partial charge is 0.113 e. The van der Waals surface area contributed by atoms with Gasteiger partial charge in [0.15, 0.2) is 0 Å². The van der Waals surface area contributed by atoms with Crippen molar-refractivity contribution in [2.75, 3.05) is 13.7 Å². The number of aliphatic hydroxyl groups excluding tert-OH is 1. The lowest BCUT2D eigenvalue weighted by atomic mass is 9.83. The molecule has 0 aliphatic rings. The number of aryl methyl sites for hydroxylation is 1. The minimum absolute atomic E-state index is 0.113. The van der Waals surface area contributed by atoms with Crippen LogP contribution in [-0.2, 0) is 17.7 Å². The molecule has 0 fully saturated rings. The van der Waals surface area contributed by atoms with Gasteiger partial charge in [-0.3, -0.25) is 4.98 Å². The summed E-state index contributed by atoms with van der Waals surface area (Å²) in [6.07, 6.45) is 2.42. The van der Waals surface area contributed by atoms with Crippen molar-refractivity contribution >= 4 is 24.2 Å². The highest BCUT2D eigenvalue weighted by Gasteiger charge is 2.27. The lowest BCUT2D eigenvalue weighted by molar-refractivity contribution is 0.116. The van der Waals surface area contributed by atoms with E-state index in [1.165, 1.54) is 5.56 Å². The molecular formula is C23H29BN2O2. The average Bonchev–Trinajstić information content (AvgIpc) is 2.99. The highest BCUT2D eigenvalue weighted by Crippen LogP contribution is 2.39. The minimum Gasteiger partial charge on any atom is -0.396 e. The van der Waals surface area contributed by atoms with E-state index in [2.05, 4.69) is 42.5 Å². The minimum atomic E-state index is -0.249. The van der Waals surface area contributed by atoms with Gasteiger partial charge in [0.1, 0.15) is 7.85 Å². The lowest BCUT2D eigenvalue weighted by Gasteiger charge is -2.23. The molecule has 0 saturated heterocycles. The molecule has 0 spiro atoms. The molecule has 1 aromatic carbocycles. The Morgan fingerprint density at radius 1 is 1.29 bits per heavy atom. The Morgan fingerprint density at radius 3 is 2.68 bits per heavy atom. The van der Waals surface area contributed by atoms with Gasteiger partial charge in [0, 0.05) is 42.9 Å². The molecular weight excluding hydrogens is 347 g/mol. The van der Waals surface area contributed by atoms with Crippen molar-refractivity contribution in [3.8, 4) is 11.3 Å². The van der Waals surface area contributed by atoms with E-state index >= 15 is 0 Å². The molecule has 0 aliphatic heterocycles. The number of hydrogen-bond acceptors (Lipinski definition) is 3. The number of benzene rings is 1. The second-order valence-corrected chi connectivity index (χ2v) is 8.16. The molecule has 0 saturated carbocycles. The molecule has 0 aliphatic carbocycles. The quantitative estimate of drug-likeness (QED) is 0.639. The van der Waals surface area contributed by atoms with Crippen molar-refractivity contribution in [2.45, 2.75) is 46.8 Å². The SMILES string of the molecule is [B]c1ccc2c(c1)c(CC(C)(C)CO)c(-c1cccnc1[C@H](C)OC)n2CC. The van der Waals surface area contributed by atoms with Crippen LogP contribution < -0.4 is 5.46 Å². The maximum Gasteiger partial charge on any atom is 0.113 e. The van der Waals surface area contributed by atoms with Gasteiger partial charge in [-0.15, -0.1) is 0 Å². The van der Waals surface area contributed by atoms with Gasteiger partial charge in [-0.25, -0.2) is 0 Å². The Kier molecular flexibility index (Phi) is 5.97. The van der Waals surface area contributed by atoms with Crippen LogP contribution >= 0.6 is 0 Å². The van der Waals surface area contributed by atoms with Gasteiger partial charge in [0.05, 0.1) is 17.5 Å². The van der Waals surface area contributed by atoms with E-state index in [0.717, 1.165) is 46.3 Å². The molecule has 2 aromatic heterocycles. The maximum atomic E-state index is 9.92. The van der Waals surface area contributed by atoms with E-state index in [0.29, 0.717) is 0 Å². The molecule has 5 heteroatoms. The van der Waals surface area contributed by atoms with Crippen LogP contribution in [0.4, 0.5) is 0 Å². The Morgan fingerprint density at radius 2 is 2.04 bits per heavy atom. The van der Waals surface area contributed by atoms with Crippen molar-refractivity contribution in [3.63, 3.8) is 0 Å². The first-order valence-electron chi connectivity index (χ1n) is 9.82. The monoisotopic (exact) mass is 376 g/mol. The van der Waals surface area contributed by atoms with Gasteiger partial charge < -0.3 is 14.4 Å². The molecule has 1 atom stereocenters. The average molecular weight is 376 g/mol. The van der Waals surface area contributed by atoms with Gasteiger partial charge in [-0.05, 0) is 49.4 Å². The van der Waals surface area contributed by atoms with E-state index in [-0.39, 0.29) is 18.1 Å². The largest absolute Gasteiger partial charge is 0.396 e. The van der Waals surface area contributed by atoms with E-state index in [9.17, 15) is 5.11 Å². The van der Waals surface area contributed by atoms with Crippen molar-refractivity contribution in [1.29, 1.82) is 0 Å². The molecule has 2 radical (unpaired) electrons. The Balaban J connectivity index is 2.39. The molecule has 0 bridgehead atoms. The molecule has 0 unspecified atom stereocenters. The number of nitrogens with zero attached hydrogens (tertiary/aromatic N) is 2. The van der Waals surface area contributed by atoms with Crippen LogP contribution in [-0.4, -0.2) is 36.2 Å². The number of aromatic nitrogens is 2. The normalized spacial score (nSPS) is 13.2. The fourth-order valence-electron chi connectivity index (χ4n) is 3.84. The molecule has 3 aromatic rings. The second kappa shape index (κ2) is 8.10. The zero-order valence-corrected chi connectivity index (χ0v) is 17.5. The van der Waals surface area contributed by atoms with Crippen LogP contribution in [0.2, 0.25) is 0 Å². The van der Waals surface area contributed by atoms with Gasteiger partial charge in [-0.2, -0.15) is 0 Å². The predicted molar refractivity (Wildman–Crippen MR) is 116 cm³/mol. The number of rotatable bonds is 7. The fraction of sp³-hybridized carbons (Fsp3) is 0.435. The summed E-state index contributed by atoms with van der Waals surface area (Å²) in [6, 6.07) is 10.2. The summed E-state index contributed by atoms with van der Waals surface area (Å²) in [7, 11) is 7.84. The lowest BCUT2D eigenvalue weighted by Crippen LogP contribution is -2.20. The summed E-state index contributed by atoms with van der Waals surface area (Å²) < 4.78 is 7.92. The van der Waals surface area contributed by atoms with Gasteiger partial charge in [0.2, 0.25) is 0 Å². The topological polar surface area (TPSA) is 47.3 Å². The molecule has 0 amide bonds. The summed E-state index contributed by atoms with van der Waals surface area (Å²) in [5, 5.41) is 11.1. The van der Waals surface area contributed by atoms with Crippen molar-refractivity contribution in [2.24, 2.45) is 5.41 Å². The van der Waals surface area contributed by atoms with Crippen LogP contribution in [0, 0.1) is 5.41 Å². The molecule has 2 heterocycles. The van der Waals surface area contributed by atoms with E-state index < -0.39 is 0 Å². The summed E-state index contributed by atoms with van der Waals surface area (Å²) >= 11 is 0. The van der Waals surface area contributed by atoms with Crippen LogP contribution in [0.1, 0.15) is 45.1 Å². The fourth-order valence-corrected chi connectivity index (χ4v) is 3.84. The van der Waals surface area contributed by atoms with Crippen LogP contribution in [0.15, 0.2) is 36.5 Å². The molecule has 146 valence electrons.